The Morgan fingerprint density at radius 3 is 3.00 bits per heavy atom. The van der Waals surface area contributed by atoms with Crippen LogP contribution in [0.15, 0.2) is 4.52 Å². The number of hydrogen-bond acceptors (Lipinski definition) is 6. The summed E-state index contributed by atoms with van der Waals surface area (Å²) in [6.07, 6.45) is 5.75. The highest BCUT2D eigenvalue weighted by Crippen LogP contribution is 2.34. The first-order chi connectivity index (χ1) is 9.81. The fraction of sp³-hybridized carbons (Fsp3) is 0.857. The van der Waals surface area contributed by atoms with E-state index in [1.54, 1.807) is 0 Å². The summed E-state index contributed by atoms with van der Waals surface area (Å²) in [6, 6.07) is 0.763. The van der Waals surface area contributed by atoms with E-state index in [1.165, 1.54) is 19.4 Å². The summed E-state index contributed by atoms with van der Waals surface area (Å²) in [7, 11) is 0. The van der Waals surface area contributed by atoms with E-state index in [0.717, 1.165) is 32.4 Å². The number of nitrogens with two attached hydrogens (primary N) is 1. The molecule has 20 heavy (non-hydrogen) atoms. The number of nitrogens with zero attached hydrogens (tertiary/aromatic N) is 3. The average molecular weight is 278 g/mol. The Morgan fingerprint density at radius 1 is 1.20 bits per heavy atom. The molecule has 4 unspecified atom stereocenters. The molecule has 6 nitrogen and oxygen atoms in total. The third-order valence-corrected chi connectivity index (χ3v) is 5.02. The minimum absolute atomic E-state index is 0.0422. The van der Waals surface area contributed by atoms with Gasteiger partial charge in [0.15, 0.2) is 0 Å². The predicted molar refractivity (Wildman–Crippen MR) is 72.2 cm³/mol. The number of rotatable bonds is 2. The van der Waals surface area contributed by atoms with Crippen molar-refractivity contribution in [2.45, 2.75) is 56.2 Å². The molecule has 1 aliphatic carbocycles. The molecule has 3 aliphatic rings. The highest BCUT2D eigenvalue weighted by atomic mass is 16.5. The SMILES string of the molecule is NC1CCCC1c1nc(C2CN3CCCC3CO2)no1. The molecule has 1 saturated carbocycles. The second-order valence-electron chi connectivity index (χ2n) is 6.31. The van der Waals surface area contributed by atoms with Gasteiger partial charge in [-0.05, 0) is 32.2 Å². The highest BCUT2D eigenvalue weighted by molar-refractivity contribution is 5.04. The fourth-order valence-electron chi connectivity index (χ4n) is 3.80. The maximum atomic E-state index is 6.10. The first-order valence-electron chi connectivity index (χ1n) is 7.76. The van der Waals surface area contributed by atoms with Gasteiger partial charge in [0.1, 0.15) is 6.10 Å². The summed E-state index contributed by atoms with van der Waals surface area (Å²) in [5, 5.41) is 4.14. The van der Waals surface area contributed by atoms with Crippen LogP contribution >= 0.6 is 0 Å². The minimum Gasteiger partial charge on any atom is -0.367 e. The van der Waals surface area contributed by atoms with Crippen molar-refractivity contribution in [2.24, 2.45) is 5.73 Å². The number of fused-ring (bicyclic) bond motifs is 1. The molecule has 0 bridgehead atoms. The number of morpholine rings is 1. The first-order valence-corrected chi connectivity index (χ1v) is 7.76. The van der Waals surface area contributed by atoms with Crippen molar-refractivity contribution in [3.8, 4) is 0 Å². The number of aromatic nitrogens is 2. The summed E-state index contributed by atoms with van der Waals surface area (Å²) < 4.78 is 11.4. The normalized spacial score (nSPS) is 38.2. The molecule has 4 atom stereocenters. The van der Waals surface area contributed by atoms with Gasteiger partial charge in [0.25, 0.3) is 0 Å². The largest absolute Gasteiger partial charge is 0.367 e. The lowest BCUT2D eigenvalue weighted by atomic mass is 10.1. The third kappa shape index (κ3) is 2.16. The summed E-state index contributed by atoms with van der Waals surface area (Å²) in [5.41, 5.74) is 6.10. The van der Waals surface area contributed by atoms with Gasteiger partial charge in [0.2, 0.25) is 11.7 Å². The van der Waals surface area contributed by atoms with Crippen LogP contribution in [0.25, 0.3) is 0 Å². The van der Waals surface area contributed by atoms with E-state index >= 15 is 0 Å². The molecule has 2 N–H and O–H groups in total. The zero-order valence-corrected chi connectivity index (χ0v) is 11.7. The van der Waals surface area contributed by atoms with Crippen LogP contribution in [0.5, 0.6) is 0 Å². The molecule has 0 radical (unpaired) electrons. The van der Waals surface area contributed by atoms with Crippen LogP contribution in [0.1, 0.15) is 55.8 Å². The van der Waals surface area contributed by atoms with Crippen LogP contribution in [-0.2, 0) is 4.74 Å². The molecule has 2 aliphatic heterocycles. The van der Waals surface area contributed by atoms with Crippen LogP contribution in [0.4, 0.5) is 0 Å². The van der Waals surface area contributed by atoms with Crippen molar-refractivity contribution in [2.75, 3.05) is 19.7 Å². The van der Waals surface area contributed by atoms with Gasteiger partial charge in [-0.3, -0.25) is 4.90 Å². The molecular formula is C14H22N4O2. The molecule has 1 aromatic rings. The zero-order valence-electron chi connectivity index (χ0n) is 11.7. The molecule has 3 fully saturated rings. The maximum absolute atomic E-state index is 6.10. The Bertz CT molecular complexity index is 477. The zero-order chi connectivity index (χ0) is 13.5. The van der Waals surface area contributed by atoms with Gasteiger partial charge in [-0.25, -0.2) is 0 Å². The van der Waals surface area contributed by atoms with Crippen LogP contribution in [0.3, 0.4) is 0 Å². The third-order valence-electron chi connectivity index (χ3n) is 5.02. The smallest absolute Gasteiger partial charge is 0.231 e. The summed E-state index contributed by atoms with van der Waals surface area (Å²) >= 11 is 0. The second kappa shape index (κ2) is 5.09. The molecule has 4 rings (SSSR count). The Balaban J connectivity index is 1.47. The van der Waals surface area contributed by atoms with Gasteiger partial charge in [-0.15, -0.1) is 0 Å². The molecule has 0 spiro atoms. The van der Waals surface area contributed by atoms with Gasteiger partial charge < -0.3 is 15.0 Å². The van der Waals surface area contributed by atoms with Gasteiger partial charge in [-0.1, -0.05) is 11.6 Å². The lowest BCUT2D eigenvalue weighted by Gasteiger charge is -2.33. The highest BCUT2D eigenvalue weighted by Gasteiger charge is 2.36. The summed E-state index contributed by atoms with van der Waals surface area (Å²) in [5.74, 6) is 1.64. The van der Waals surface area contributed by atoms with Crippen LogP contribution in [-0.4, -0.2) is 46.8 Å². The molecule has 6 heteroatoms. The van der Waals surface area contributed by atoms with Crippen molar-refractivity contribution in [1.82, 2.24) is 15.0 Å². The van der Waals surface area contributed by atoms with E-state index in [-0.39, 0.29) is 18.1 Å². The van der Waals surface area contributed by atoms with Gasteiger partial charge in [-0.2, -0.15) is 4.98 Å². The molecular weight excluding hydrogens is 256 g/mol. The Kier molecular flexibility index (Phi) is 3.24. The van der Waals surface area contributed by atoms with Gasteiger partial charge in [0, 0.05) is 18.6 Å². The van der Waals surface area contributed by atoms with Crippen molar-refractivity contribution in [3.05, 3.63) is 11.7 Å². The Labute approximate surface area is 118 Å². The predicted octanol–water partition coefficient (Wildman–Crippen LogP) is 1.20. The van der Waals surface area contributed by atoms with Gasteiger partial charge >= 0.3 is 0 Å². The monoisotopic (exact) mass is 278 g/mol. The lowest BCUT2D eigenvalue weighted by Crippen LogP contribution is -2.42. The van der Waals surface area contributed by atoms with Crippen molar-refractivity contribution in [1.29, 1.82) is 0 Å². The van der Waals surface area contributed by atoms with E-state index in [0.29, 0.717) is 17.8 Å². The maximum Gasteiger partial charge on any atom is 0.231 e. The van der Waals surface area contributed by atoms with E-state index in [4.69, 9.17) is 15.0 Å². The Hall–Kier alpha value is -0.980. The van der Waals surface area contributed by atoms with Crippen LogP contribution in [0, 0.1) is 0 Å². The molecule has 1 aromatic heterocycles. The number of ether oxygens (including phenoxy) is 1. The van der Waals surface area contributed by atoms with Crippen LogP contribution in [0.2, 0.25) is 0 Å². The van der Waals surface area contributed by atoms with E-state index in [1.807, 2.05) is 0 Å². The van der Waals surface area contributed by atoms with Gasteiger partial charge in [0.05, 0.1) is 12.5 Å². The molecule has 110 valence electrons. The minimum atomic E-state index is -0.0422. The van der Waals surface area contributed by atoms with Crippen molar-refractivity contribution < 1.29 is 9.26 Å². The lowest BCUT2D eigenvalue weighted by molar-refractivity contribution is -0.0548. The topological polar surface area (TPSA) is 77.4 Å². The van der Waals surface area contributed by atoms with Crippen molar-refractivity contribution >= 4 is 0 Å². The summed E-state index contributed by atoms with van der Waals surface area (Å²) in [6.45, 7) is 2.85. The Morgan fingerprint density at radius 2 is 2.15 bits per heavy atom. The van der Waals surface area contributed by atoms with E-state index < -0.39 is 0 Å². The summed E-state index contributed by atoms with van der Waals surface area (Å²) in [4.78, 5) is 7.06. The fourth-order valence-corrected chi connectivity index (χ4v) is 3.80. The number of hydrogen-bond donors (Lipinski definition) is 1. The average Bonchev–Trinajstić information content (AvgIpc) is 3.17. The van der Waals surface area contributed by atoms with E-state index in [2.05, 4.69) is 15.0 Å². The van der Waals surface area contributed by atoms with Crippen molar-refractivity contribution in [3.63, 3.8) is 0 Å². The second-order valence-corrected chi connectivity index (χ2v) is 6.31. The molecule has 0 amide bonds. The standard InChI is InChI=1S/C14H22N4O2/c15-11-5-1-4-10(11)14-16-13(17-20-14)12-7-18-6-2-3-9(18)8-19-12/h9-12H,1-8,15H2. The quantitative estimate of drug-likeness (QED) is 0.876. The molecule has 3 heterocycles. The van der Waals surface area contributed by atoms with Crippen LogP contribution < -0.4 is 5.73 Å². The van der Waals surface area contributed by atoms with E-state index in [9.17, 15) is 0 Å². The molecule has 2 saturated heterocycles. The molecule has 0 aromatic carbocycles. The first kappa shape index (κ1) is 12.7.